The molecule has 230 valence electrons. The number of nitrogens with one attached hydrogen (secondary N) is 2. The van der Waals surface area contributed by atoms with Gasteiger partial charge in [0.2, 0.25) is 5.75 Å². The summed E-state index contributed by atoms with van der Waals surface area (Å²) in [5.41, 5.74) is 6.10. The maximum atomic E-state index is 13.6. The molecule has 0 bridgehead atoms. The highest BCUT2D eigenvalue weighted by Crippen LogP contribution is 2.40. The number of rotatable bonds is 12. The van der Waals surface area contributed by atoms with Crippen LogP contribution in [0.2, 0.25) is 0 Å². The Kier molecular flexibility index (Phi) is 10.7. The molecule has 1 aliphatic rings. The number of carbonyl (C=O) groups excluding carboxylic acids is 1. The second-order valence-corrected chi connectivity index (χ2v) is 11.2. The van der Waals surface area contributed by atoms with Crippen LogP contribution < -0.4 is 24.8 Å². The van der Waals surface area contributed by atoms with E-state index in [4.69, 9.17) is 14.2 Å². The lowest BCUT2D eigenvalue weighted by Gasteiger charge is -2.24. The minimum Gasteiger partial charge on any atom is -0.493 e. The van der Waals surface area contributed by atoms with Gasteiger partial charge in [0, 0.05) is 50.2 Å². The molecule has 0 aliphatic heterocycles. The number of pyridine rings is 1. The SMILES string of the molecule is COc1cc(NC(=O)N(Cc2ccc(-c3ccc(CNC4CCCCC4)cc3)cc2)Cc2cccnc2)cc(OC)c1OC. The van der Waals surface area contributed by atoms with Gasteiger partial charge in [-0.1, -0.05) is 73.9 Å². The summed E-state index contributed by atoms with van der Waals surface area (Å²) in [4.78, 5) is 19.6. The van der Waals surface area contributed by atoms with E-state index in [0.29, 0.717) is 42.1 Å². The first-order valence-electron chi connectivity index (χ1n) is 15.2. The lowest BCUT2D eigenvalue weighted by Crippen LogP contribution is -2.34. The number of methoxy groups -OCH3 is 3. The van der Waals surface area contributed by atoms with E-state index in [1.807, 2.05) is 12.1 Å². The van der Waals surface area contributed by atoms with Crippen molar-refractivity contribution in [3.8, 4) is 28.4 Å². The summed E-state index contributed by atoms with van der Waals surface area (Å²) in [6.45, 7) is 1.72. The fraction of sp³-hybridized carbons (Fsp3) is 0.333. The zero-order valence-electron chi connectivity index (χ0n) is 25.8. The molecule has 1 fully saturated rings. The Bertz CT molecular complexity index is 1460. The molecule has 1 heterocycles. The number of ether oxygens (including phenoxy) is 3. The van der Waals surface area contributed by atoms with Gasteiger partial charge in [0.05, 0.1) is 27.0 Å². The third-order valence-corrected chi connectivity index (χ3v) is 8.11. The van der Waals surface area contributed by atoms with Crippen LogP contribution in [-0.2, 0) is 19.6 Å². The number of nitrogens with zero attached hydrogens (tertiary/aromatic N) is 2. The lowest BCUT2D eigenvalue weighted by molar-refractivity contribution is 0.206. The van der Waals surface area contributed by atoms with Crippen molar-refractivity contribution in [1.82, 2.24) is 15.2 Å². The molecular weight excluding hydrogens is 552 g/mol. The van der Waals surface area contributed by atoms with Gasteiger partial charge >= 0.3 is 6.03 Å². The summed E-state index contributed by atoms with van der Waals surface area (Å²) in [6, 6.07) is 24.8. The highest BCUT2D eigenvalue weighted by molar-refractivity contribution is 5.90. The molecular formula is C36H42N4O4. The minimum absolute atomic E-state index is 0.260. The fourth-order valence-corrected chi connectivity index (χ4v) is 5.67. The van der Waals surface area contributed by atoms with Crippen LogP contribution in [0.4, 0.5) is 10.5 Å². The van der Waals surface area contributed by atoms with Gasteiger partial charge in [-0.3, -0.25) is 4.98 Å². The van der Waals surface area contributed by atoms with Gasteiger partial charge in [-0.25, -0.2) is 4.79 Å². The van der Waals surface area contributed by atoms with E-state index in [1.54, 1.807) is 50.8 Å². The Morgan fingerprint density at radius 3 is 1.98 bits per heavy atom. The maximum Gasteiger partial charge on any atom is 0.322 e. The lowest BCUT2D eigenvalue weighted by atomic mass is 9.95. The van der Waals surface area contributed by atoms with Gasteiger partial charge in [0.25, 0.3) is 0 Å². The molecule has 3 aromatic carbocycles. The van der Waals surface area contributed by atoms with Crippen molar-refractivity contribution >= 4 is 11.7 Å². The number of anilines is 1. The predicted octanol–water partition coefficient (Wildman–Crippen LogP) is 7.43. The molecule has 4 aromatic rings. The molecule has 1 aromatic heterocycles. The quantitative estimate of drug-likeness (QED) is 0.177. The Labute approximate surface area is 260 Å². The van der Waals surface area contributed by atoms with E-state index >= 15 is 0 Å². The third-order valence-electron chi connectivity index (χ3n) is 8.11. The van der Waals surface area contributed by atoms with Crippen LogP contribution in [0, 0.1) is 0 Å². The van der Waals surface area contributed by atoms with Crippen LogP contribution in [0.15, 0.2) is 85.2 Å². The van der Waals surface area contributed by atoms with Gasteiger partial charge < -0.3 is 29.7 Å². The second kappa shape index (κ2) is 15.3. The van der Waals surface area contributed by atoms with E-state index < -0.39 is 0 Å². The summed E-state index contributed by atoms with van der Waals surface area (Å²) in [5.74, 6) is 1.39. The highest BCUT2D eigenvalue weighted by atomic mass is 16.5. The van der Waals surface area contributed by atoms with Crippen LogP contribution in [0.5, 0.6) is 17.2 Å². The predicted molar refractivity (Wildman–Crippen MR) is 174 cm³/mol. The Hall–Kier alpha value is -4.56. The van der Waals surface area contributed by atoms with Crippen LogP contribution in [-0.4, -0.2) is 43.3 Å². The summed E-state index contributed by atoms with van der Waals surface area (Å²) < 4.78 is 16.3. The molecule has 2 amide bonds. The van der Waals surface area contributed by atoms with E-state index in [-0.39, 0.29) is 6.03 Å². The van der Waals surface area contributed by atoms with Crippen LogP contribution >= 0.6 is 0 Å². The highest BCUT2D eigenvalue weighted by Gasteiger charge is 2.19. The summed E-state index contributed by atoms with van der Waals surface area (Å²) >= 11 is 0. The van der Waals surface area contributed by atoms with Crippen molar-refractivity contribution in [2.75, 3.05) is 26.6 Å². The van der Waals surface area contributed by atoms with Gasteiger partial charge in [0.15, 0.2) is 11.5 Å². The summed E-state index contributed by atoms with van der Waals surface area (Å²) in [6.07, 6.45) is 10.1. The third kappa shape index (κ3) is 8.08. The first-order chi connectivity index (χ1) is 21.6. The zero-order chi connectivity index (χ0) is 30.7. The molecule has 44 heavy (non-hydrogen) atoms. The molecule has 2 N–H and O–H groups in total. The number of carbonyl (C=O) groups is 1. The standard InChI is InChI=1S/C36H42N4O4/c1-42-33-20-32(21-34(43-2)35(33)44-3)39-36(41)40(25-28-8-7-19-37-22-28)24-27-13-17-30(18-14-27)29-15-11-26(12-16-29)23-38-31-9-5-4-6-10-31/h7-8,11-22,31,38H,4-6,9-10,23-25H2,1-3H3,(H,39,41). The largest absolute Gasteiger partial charge is 0.493 e. The molecule has 1 saturated carbocycles. The van der Waals surface area contributed by atoms with Gasteiger partial charge in [0.1, 0.15) is 0 Å². The monoisotopic (exact) mass is 594 g/mol. The van der Waals surface area contributed by atoms with Gasteiger partial charge in [-0.05, 0) is 46.7 Å². The average Bonchev–Trinajstić information content (AvgIpc) is 3.08. The number of hydrogen-bond donors (Lipinski definition) is 2. The average molecular weight is 595 g/mol. The number of hydrogen-bond acceptors (Lipinski definition) is 6. The van der Waals surface area contributed by atoms with Gasteiger partial charge in [-0.2, -0.15) is 0 Å². The smallest absolute Gasteiger partial charge is 0.322 e. The van der Waals surface area contributed by atoms with Crippen molar-refractivity contribution in [2.24, 2.45) is 0 Å². The molecule has 0 atom stereocenters. The van der Waals surface area contributed by atoms with E-state index in [1.165, 1.54) is 43.2 Å². The summed E-state index contributed by atoms with van der Waals surface area (Å²) in [7, 11) is 4.64. The molecule has 8 heteroatoms. The molecule has 0 radical (unpaired) electrons. The number of urea groups is 1. The van der Waals surface area contributed by atoms with Gasteiger partial charge in [-0.15, -0.1) is 0 Å². The molecule has 8 nitrogen and oxygen atoms in total. The molecule has 5 rings (SSSR count). The van der Waals surface area contributed by atoms with Crippen molar-refractivity contribution in [2.45, 2.75) is 57.8 Å². The first kappa shape index (κ1) is 30.9. The Morgan fingerprint density at radius 2 is 1.41 bits per heavy atom. The minimum atomic E-state index is -0.260. The van der Waals surface area contributed by atoms with Crippen molar-refractivity contribution in [3.63, 3.8) is 0 Å². The van der Waals surface area contributed by atoms with Crippen LogP contribution in [0.25, 0.3) is 11.1 Å². The molecule has 0 unspecified atom stereocenters. The summed E-state index contributed by atoms with van der Waals surface area (Å²) in [5, 5.41) is 6.72. The van der Waals surface area contributed by atoms with E-state index in [2.05, 4.69) is 64.1 Å². The van der Waals surface area contributed by atoms with Crippen LogP contribution in [0.1, 0.15) is 48.8 Å². The van der Waals surface area contributed by atoms with Crippen molar-refractivity contribution in [1.29, 1.82) is 0 Å². The molecule has 0 spiro atoms. The zero-order valence-corrected chi connectivity index (χ0v) is 25.8. The van der Waals surface area contributed by atoms with E-state index in [0.717, 1.165) is 23.2 Å². The normalized spacial score (nSPS) is 13.2. The maximum absolute atomic E-state index is 13.6. The fourth-order valence-electron chi connectivity index (χ4n) is 5.67. The van der Waals surface area contributed by atoms with Crippen molar-refractivity contribution in [3.05, 3.63) is 102 Å². The first-order valence-corrected chi connectivity index (χ1v) is 15.2. The Morgan fingerprint density at radius 1 is 0.795 bits per heavy atom. The molecule has 1 aliphatic carbocycles. The van der Waals surface area contributed by atoms with Crippen molar-refractivity contribution < 1.29 is 19.0 Å². The van der Waals surface area contributed by atoms with Crippen LogP contribution in [0.3, 0.4) is 0 Å². The van der Waals surface area contributed by atoms with E-state index in [9.17, 15) is 4.79 Å². The number of benzene rings is 3. The molecule has 0 saturated heterocycles. The topological polar surface area (TPSA) is 85.0 Å². The Balaban J connectivity index is 1.27. The second-order valence-electron chi connectivity index (χ2n) is 11.2. The number of amides is 2. The number of aromatic nitrogens is 1.